The van der Waals surface area contributed by atoms with E-state index < -0.39 is 0 Å². The molecule has 0 saturated carbocycles. The third-order valence-corrected chi connectivity index (χ3v) is 3.54. The van der Waals surface area contributed by atoms with Crippen LogP contribution in [0.15, 0.2) is 18.2 Å². The highest BCUT2D eigenvalue weighted by molar-refractivity contribution is 5.98. The molecule has 1 aliphatic rings. The van der Waals surface area contributed by atoms with E-state index in [0.717, 1.165) is 37.9 Å². The summed E-state index contributed by atoms with van der Waals surface area (Å²) >= 11 is 0. The quantitative estimate of drug-likeness (QED) is 0.890. The van der Waals surface area contributed by atoms with E-state index >= 15 is 0 Å². The molecule has 2 N–H and O–H groups in total. The van der Waals surface area contributed by atoms with Crippen LogP contribution in [-0.4, -0.2) is 18.5 Å². The van der Waals surface area contributed by atoms with Gasteiger partial charge in [-0.1, -0.05) is 31.0 Å². The number of anilines is 1. The smallest absolute Gasteiger partial charge is 0.243 e. The maximum atomic E-state index is 12.3. The van der Waals surface area contributed by atoms with E-state index in [4.69, 9.17) is 5.73 Å². The highest BCUT2D eigenvalue weighted by Crippen LogP contribution is 2.28. The Balaban J connectivity index is 2.24. The van der Waals surface area contributed by atoms with Crippen LogP contribution in [0.5, 0.6) is 0 Å². The number of nitrogens with two attached hydrogens (primary N) is 1. The lowest BCUT2D eigenvalue weighted by Gasteiger charge is -2.31. The van der Waals surface area contributed by atoms with Crippen molar-refractivity contribution in [3.63, 3.8) is 0 Å². The summed E-state index contributed by atoms with van der Waals surface area (Å²) in [6, 6.07) is 5.94. The van der Waals surface area contributed by atoms with E-state index in [0.29, 0.717) is 0 Å². The van der Waals surface area contributed by atoms with Gasteiger partial charge in [-0.25, -0.2) is 0 Å². The molecule has 2 rings (SSSR count). The molecule has 1 aromatic carbocycles. The monoisotopic (exact) mass is 246 g/mol. The third kappa shape index (κ3) is 2.56. The summed E-state index contributed by atoms with van der Waals surface area (Å²) < 4.78 is 0. The van der Waals surface area contributed by atoms with Gasteiger partial charge in [-0.05, 0) is 37.8 Å². The van der Waals surface area contributed by atoms with E-state index in [1.54, 1.807) is 0 Å². The number of carbonyl (C=O) groups is 1. The number of nitrogens with zero attached hydrogens (tertiary/aromatic N) is 1. The number of hydrogen-bond acceptors (Lipinski definition) is 2. The van der Waals surface area contributed by atoms with Crippen molar-refractivity contribution in [2.45, 2.75) is 45.6 Å². The summed E-state index contributed by atoms with van der Waals surface area (Å²) in [5.41, 5.74) is 9.54. The molecule has 0 unspecified atom stereocenters. The molecule has 1 aromatic rings. The van der Waals surface area contributed by atoms with Crippen LogP contribution >= 0.6 is 0 Å². The first-order chi connectivity index (χ1) is 8.63. The highest BCUT2D eigenvalue weighted by Gasteiger charge is 2.25. The van der Waals surface area contributed by atoms with Gasteiger partial charge in [0, 0.05) is 12.2 Å². The van der Waals surface area contributed by atoms with Crippen LogP contribution in [-0.2, 0) is 11.2 Å². The average Bonchev–Trinajstić information content (AvgIpc) is 2.37. The van der Waals surface area contributed by atoms with Gasteiger partial charge in [-0.2, -0.15) is 0 Å². The van der Waals surface area contributed by atoms with E-state index in [1.165, 1.54) is 11.1 Å². The van der Waals surface area contributed by atoms with Crippen molar-refractivity contribution in [1.29, 1.82) is 0 Å². The molecule has 0 aromatic heterocycles. The average molecular weight is 246 g/mol. The van der Waals surface area contributed by atoms with Crippen LogP contribution in [0.4, 0.5) is 5.69 Å². The van der Waals surface area contributed by atoms with E-state index in [1.807, 2.05) is 4.90 Å². The van der Waals surface area contributed by atoms with Gasteiger partial charge in [0.25, 0.3) is 0 Å². The second kappa shape index (κ2) is 5.53. The summed E-state index contributed by atoms with van der Waals surface area (Å²) in [5, 5.41) is 0. The van der Waals surface area contributed by atoms with Crippen molar-refractivity contribution in [2.24, 2.45) is 5.73 Å². The van der Waals surface area contributed by atoms with Gasteiger partial charge in [-0.3, -0.25) is 4.79 Å². The van der Waals surface area contributed by atoms with Gasteiger partial charge in [0.05, 0.1) is 6.04 Å². The van der Waals surface area contributed by atoms with Crippen molar-refractivity contribution in [2.75, 3.05) is 11.4 Å². The van der Waals surface area contributed by atoms with Crippen molar-refractivity contribution in [3.8, 4) is 0 Å². The first-order valence-electron chi connectivity index (χ1n) is 6.80. The molecule has 1 atom stereocenters. The molecule has 1 amide bonds. The Morgan fingerprint density at radius 3 is 3.00 bits per heavy atom. The maximum absolute atomic E-state index is 12.3. The van der Waals surface area contributed by atoms with Crippen molar-refractivity contribution >= 4 is 11.6 Å². The van der Waals surface area contributed by atoms with Crippen LogP contribution < -0.4 is 10.6 Å². The van der Waals surface area contributed by atoms with Crippen LogP contribution in [0.2, 0.25) is 0 Å². The SMILES string of the molecule is CCC[C@@H](N)C(=O)N1CCCc2cc(C)ccc21. The van der Waals surface area contributed by atoms with Gasteiger partial charge in [0.15, 0.2) is 0 Å². The summed E-state index contributed by atoms with van der Waals surface area (Å²) in [7, 11) is 0. The second-order valence-corrected chi connectivity index (χ2v) is 5.12. The van der Waals surface area contributed by atoms with Crippen molar-refractivity contribution < 1.29 is 4.79 Å². The number of carbonyl (C=O) groups excluding carboxylic acids is 1. The standard InChI is InChI=1S/C15H22N2O/c1-3-5-13(16)15(18)17-9-4-6-12-10-11(2)7-8-14(12)17/h7-8,10,13H,3-6,9,16H2,1-2H3/t13-/m1/s1. The summed E-state index contributed by atoms with van der Waals surface area (Å²) in [6.07, 6.45) is 3.79. The lowest BCUT2D eigenvalue weighted by Crippen LogP contribution is -2.46. The lowest BCUT2D eigenvalue weighted by molar-refractivity contribution is -0.120. The summed E-state index contributed by atoms with van der Waals surface area (Å²) in [4.78, 5) is 14.2. The molecule has 0 fully saturated rings. The predicted molar refractivity (Wildman–Crippen MR) is 74.7 cm³/mol. The Morgan fingerprint density at radius 1 is 1.50 bits per heavy atom. The van der Waals surface area contributed by atoms with Crippen LogP contribution in [0.1, 0.15) is 37.3 Å². The topological polar surface area (TPSA) is 46.3 Å². The number of amides is 1. The van der Waals surface area contributed by atoms with E-state index in [2.05, 4.69) is 32.0 Å². The zero-order valence-electron chi connectivity index (χ0n) is 11.3. The molecule has 0 spiro atoms. The van der Waals surface area contributed by atoms with Gasteiger partial charge < -0.3 is 10.6 Å². The van der Waals surface area contributed by atoms with Gasteiger partial charge in [0.2, 0.25) is 5.91 Å². The Bertz CT molecular complexity index is 442. The Kier molecular flexibility index (Phi) is 4.02. The minimum atomic E-state index is -0.359. The molecule has 0 saturated heterocycles. The molecular formula is C15H22N2O. The second-order valence-electron chi connectivity index (χ2n) is 5.12. The fraction of sp³-hybridized carbons (Fsp3) is 0.533. The molecule has 18 heavy (non-hydrogen) atoms. The van der Waals surface area contributed by atoms with Crippen LogP contribution in [0, 0.1) is 6.92 Å². The van der Waals surface area contributed by atoms with E-state index in [-0.39, 0.29) is 11.9 Å². The van der Waals surface area contributed by atoms with Gasteiger partial charge in [0.1, 0.15) is 0 Å². The molecule has 1 aliphatic heterocycles. The number of aryl methyl sites for hydroxylation is 2. The van der Waals surface area contributed by atoms with Gasteiger partial charge in [-0.15, -0.1) is 0 Å². The third-order valence-electron chi connectivity index (χ3n) is 3.54. The predicted octanol–water partition coefficient (Wildman–Crippen LogP) is 2.40. The zero-order valence-corrected chi connectivity index (χ0v) is 11.3. The molecule has 0 radical (unpaired) electrons. The van der Waals surface area contributed by atoms with Gasteiger partial charge >= 0.3 is 0 Å². The number of benzene rings is 1. The van der Waals surface area contributed by atoms with Crippen molar-refractivity contribution in [1.82, 2.24) is 0 Å². The number of rotatable bonds is 3. The van der Waals surface area contributed by atoms with Crippen LogP contribution in [0.25, 0.3) is 0 Å². The first kappa shape index (κ1) is 13.1. The molecule has 0 aliphatic carbocycles. The molecule has 0 bridgehead atoms. The molecule has 3 nitrogen and oxygen atoms in total. The first-order valence-corrected chi connectivity index (χ1v) is 6.80. The summed E-state index contributed by atoms with van der Waals surface area (Å²) in [6.45, 7) is 4.94. The number of fused-ring (bicyclic) bond motifs is 1. The van der Waals surface area contributed by atoms with Crippen molar-refractivity contribution in [3.05, 3.63) is 29.3 Å². The minimum Gasteiger partial charge on any atom is -0.320 e. The summed E-state index contributed by atoms with van der Waals surface area (Å²) in [5.74, 6) is 0.0710. The largest absolute Gasteiger partial charge is 0.320 e. The lowest BCUT2D eigenvalue weighted by atomic mass is 9.98. The molecule has 3 heteroatoms. The van der Waals surface area contributed by atoms with Crippen LogP contribution in [0.3, 0.4) is 0 Å². The Labute approximate surface area is 109 Å². The highest BCUT2D eigenvalue weighted by atomic mass is 16.2. The molecule has 1 heterocycles. The fourth-order valence-corrected chi connectivity index (χ4v) is 2.59. The Hall–Kier alpha value is -1.35. The normalized spacial score (nSPS) is 16.3. The zero-order chi connectivity index (χ0) is 13.1. The molecule has 98 valence electrons. The molecular weight excluding hydrogens is 224 g/mol. The number of hydrogen-bond donors (Lipinski definition) is 1. The Morgan fingerprint density at radius 2 is 2.28 bits per heavy atom. The minimum absolute atomic E-state index is 0.0710. The fourth-order valence-electron chi connectivity index (χ4n) is 2.59. The van der Waals surface area contributed by atoms with E-state index in [9.17, 15) is 4.79 Å². The maximum Gasteiger partial charge on any atom is 0.243 e.